The Morgan fingerprint density at radius 2 is 2.44 bits per heavy atom. The van der Waals surface area contributed by atoms with Gasteiger partial charge in [0.2, 0.25) is 5.13 Å². The number of nitrogens with zero attached hydrogens (tertiary/aromatic N) is 4. The number of hydrogen-bond donors (Lipinski definition) is 1. The fraction of sp³-hybridized carbons (Fsp3) is 0.375. The van der Waals surface area contributed by atoms with Gasteiger partial charge in [-0.1, -0.05) is 11.3 Å². The molecule has 25 heavy (non-hydrogen) atoms. The van der Waals surface area contributed by atoms with Crippen LogP contribution in [0.5, 0.6) is 5.75 Å². The number of aryl methyl sites for hydroxylation is 1. The van der Waals surface area contributed by atoms with Crippen molar-refractivity contribution in [3.63, 3.8) is 0 Å². The quantitative estimate of drug-likeness (QED) is 0.752. The molecule has 9 heteroatoms. The zero-order valence-electron chi connectivity index (χ0n) is 13.6. The minimum Gasteiger partial charge on any atom is -0.480 e. The van der Waals surface area contributed by atoms with Crippen LogP contribution in [0.15, 0.2) is 24.5 Å². The average molecular weight is 359 g/mol. The van der Waals surface area contributed by atoms with E-state index in [9.17, 15) is 4.79 Å². The molecule has 0 radical (unpaired) electrons. The van der Waals surface area contributed by atoms with Crippen LogP contribution in [0.4, 0.5) is 5.13 Å². The van der Waals surface area contributed by atoms with Crippen molar-refractivity contribution >= 4 is 28.0 Å². The van der Waals surface area contributed by atoms with Crippen LogP contribution in [-0.2, 0) is 9.53 Å². The molecule has 1 atom stereocenters. The number of pyridine rings is 1. The number of aromatic nitrogens is 4. The van der Waals surface area contributed by atoms with Gasteiger partial charge in [-0.05, 0) is 31.9 Å². The molecule has 1 fully saturated rings. The molecule has 1 unspecified atom stereocenters. The highest BCUT2D eigenvalue weighted by Gasteiger charge is 2.22. The molecule has 1 aliphatic heterocycles. The molecule has 0 aliphatic carbocycles. The molecule has 8 nitrogen and oxygen atoms in total. The van der Waals surface area contributed by atoms with E-state index in [1.807, 2.05) is 29.8 Å². The van der Waals surface area contributed by atoms with E-state index in [1.54, 1.807) is 6.07 Å². The first-order valence-corrected chi connectivity index (χ1v) is 8.82. The van der Waals surface area contributed by atoms with Crippen LogP contribution in [0.3, 0.4) is 0 Å². The van der Waals surface area contributed by atoms with Gasteiger partial charge in [0.05, 0.1) is 5.69 Å². The van der Waals surface area contributed by atoms with Crippen LogP contribution in [0.1, 0.15) is 29.6 Å². The molecular weight excluding hydrogens is 342 g/mol. The maximum absolute atomic E-state index is 12.1. The largest absolute Gasteiger partial charge is 0.480 e. The summed E-state index contributed by atoms with van der Waals surface area (Å²) < 4.78 is 13.0. The first-order valence-electron chi connectivity index (χ1n) is 8.01. The van der Waals surface area contributed by atoms with Crippen molar-refractivity contribution in [3.05, 3.63) is 35.2 Å². The second-order valence-electron chi connectivity index (χ2n) is 5.77. The van der Waals surface area contributed by atoms with Gasteiger partial charge in [0, 0.05) is 19.0 Å². The number of rotatable bonds is 5. The smallest absolute Gasteiger partial charge is 0.264 e. The summed E-state index contributed by atoms with van der Waals surface area (Å²) in [7, 11) is 0. The molecule has 1 saturated heterocycles. The summed E-state index contributed by atoms with van der Waals surface area (Å²) >= 11 is 1.33. The van der Waals surface area contributed by atoms with E-state index in [-0.39, 0.29) is 18.6 Å². The van der Waals surface area contributed by atoms with Gasteiger partial charge < -0.3 is 13.9 Å². The van der Waals surface area contributed by atoms with Crippen LogP contribution in [0, 0.1) is 6.92 Å². The van der Waals surface area contributed by atoms with Crippen molar-refractivity contribution in [1.82, 2.24) is 19.6 Å². The molecule has 0 aromatic carbocycles. The van der Waals surface area contributed by atoms with Gasteiger partial charge in [0.15, 0.2) is 18.0 Å². The molecule has 1 amide bonds. The first-order chi connectivity index (χ1) is 12.2. The maximum Gasteiger partial charge on any atom is 0.264 e. The van der Waals surface area contributed by atoms with Gasteiger partial charge in [0.25, 0.3) is 5.91 Å². The number of fused-ring (bicyclic) bond motifs is 1. The van der Waals surface area contributed by atoms with Crippen molar-refractivity contribution < 1.29 is 14.3 Å². The second kappa shape index (κ2) is 6.77. The van der Waals surface area contributed by atoms with E-state index < -0.39 is 0 Å². The van der Waals surface area contributed by atoms with Crippen molar-refractivity contribution in [2.75, 3.05) is 18.5 Å². The van der Waals surface area contributed by atoms with Crippen LogP contribution >= 0.6 is 11.3 Å². The molecule has 4 rings (SSSR count). The number of hydrogen-bond acceptors (Lipinski definition) is 7. The van der Waals surface area contributed by atoms with E-state index in [0.29, 0.717) is 16.5 Å². The number of ether oxygens (including phenoxy) is 2. The van der Waals surface area contributed by atoms with E-state index in [1.165, 1.54) is 11.3 Å². The number of amides is 1. The summed E-state index contributed by atoms with van der Waals surface area (Å²) in [5.74, 6) is 0.267. The Labute approximate surface area is 147 Å². The SMILES string of the molecule is Cc1cn2cccc(OCC(=O)Nc3nnc(C4CCCO4)s3)c2n1. The highest BCUT2D eigenvalue weighted by Crippen LogP contribution is 2.31. The topological polar surface area (TPSA) is 90.6 Å². The number of nitrogens with one attached hydrogen (secondary N) is 1. The summed E-state index contributed by atoms with van der Waals surface area (Å²) in [6.45, 7) is 2.53. The number of carbonyl (C=O) groups is 1. The van der Waals surface area contributed by atoms with Crippen molar-refractivity contribution in [1.29, 1.82) is 0 Å². The van der Waals surface area contributed by atoms with E-state index in [4.69, 9.17) is 9.47 Å². The highest BCUT2D eigenvalue weighted by atomic mass is 32.1. The minimum atomic E-state index is -0.291. The van der Waals surface area contributed by atoms with Gasteiger partial charge in [-0.15, -0.1) is 10.2 Å². The molecule has 0 bridgehead atoms. The third-order valence-electron chi connectivity index (χ3n) is 3.82. The Balaban J connectivity index is 1.37. The normalized spacial score (nSPS) is 17.1. The Bertz CT molecular complexity index is 900. The summed E-state index contributed by atoms with van der Waals surface area (Å²) in [5, 5.41) is 12.0. The predicted molar refractivity (Wildman–Crippen MR) is 91.9 cm³/mol. The lowest BCUT2D eigenvalue weighted by atomic mass is 10.2. The standard InChI is InChI=1S/C16H17N5O3S/c1-10-8-21-6-2-4-11(14(21)17-10)24-9-13(22)18-16-20-19-15(25-16)12-5-3-7-23-12/h2,4,6,8,12H,3,5,7,9H2,1H3,(H,18,20,22). The molecular formula is C16H17N5O3S. The Morgan fingerprint density at radius 3 is 3.28 bits per heavy atom. The van der Waals surface area contributed by atoms with Crippen LogP contribution in [-0.4, -0.2) is 38.7 Å². The fourth-order valence-electron chi connectivity index (χ4n) is 2.71. The molecule has 0 spiro atoms. The Hall–Kier alpha value is -2.52. The molecule has 3 aromatic rings. The summed E-state index contributed by atoms with van der Waals surface area (Å²) in [4.78, 5) is 16.5. The number of carbonyl (C=O) groups excluding carboxylic acids is 1. The zero-order chi connectivity index (χ0) is 17.2. The zero-order valence-corrected chi connectivity index (χ0v) is 14.5. The highest BCUT2D eigenvalue weighted by molar-refractivity contribution is 7.15. The van der Waals surface area contributed by atoms with Gasteiger partial charge in [0.1, 0.15) is 11.1 Å². The summed E-state index contributed by atoms with van der Waals surface area (Å²) in [5.41, 5.74) is 1.57. The van der Waals surface area contributed by atoms with Crippen LogP contribution < -0.4 is 10.1 Å². The Kier molecular flexibility index (Phi) is 4.33. The van der Waals surface area contributed by atoms with E-state index >= 15 is 0 Å². The predicted octanol–water partition coefficient (Wildman–Crippen LogP) is 2.36. The number of imidazole rings is 1. The lowest BCUT2D eigenvalue weighted by Gasteiger charge is -2.06. The van der Waals surface area contributed by atoms with Gasteiger partial charge in [-0.3, -0.25) is 10.1 Å². The Morgan fingerprint density at radius 1 is 1.52 bits per heavy atom. The fourth-order valence-corrected chi connectivity index (χ4v) is 3.55. The third kappa shape index (κ3) is 3.47. The summed E-state index contributed by atoms with van der Waals surface area (Å²) in [6, 6.07) is 3.63. The van der Waals surface area contributed by atoms with Crippen molar-refractivity contribution in [3.8, 4) is 5.75 Å². The van der Waals surface area contributed by atoms with Gasteiger partial charge in [-0.25, -0.2) is 4.98 Å². The van der Waals surface area contributed by atoms with E-state index in [2.05, 4.69) is 20.5 Å². The monoisotopic (exact) mass is 359 g/mol. The maximum atomic E-state index is 12.1. The lowest BCUT2D eigenvalue weighted by Crippen LogP contribution is -2.20. The minimum absolute atomic E-state index is 0.000634. The molecule has 130 valence electrons. The van der Waals surface area contributed by atoms with Crippen LogP contribution in [0.25, 0.3) is 5.65 Å². The van der Waals surface area contributed by atoms with Gasteiger partial charge in [-0.2, -0.15) is 0 Å². The first kappa shape index (κ1) is 16.0. The van der Waals surface area contributed by atoms with Crippen molar-refractivity contribution in [2.24, 2.45) is 0 Å². The summed E-state index contributed by atoms with van der Waals surface area (Å²) in [6.07, 6.45) is 5.75. The third-order valence-corrected chi connectivity index (χ3v) is 4.75. The second-order valence-corrected chi connectivity index (χ2v) is 6.78. The lowest BCUT2D eigenvalue weighted by molar-refractivity contribution is -0.118. The number of anilines is 1. The molecule has 1 N–H and O–H groups in total. The molecule has 1 aliphatic rings. The molecule has 3 aromatic heterocycles. The van der Waals surface area contributed by atoms with E-state index in [0.717, 1.165) is 30.2 Å². The molecule has 0 saturated carbocycles. The average Bonchev–Trinajstić information content (AvgIpc) is 3.32. The van der Waals surface area contributed by atoms with Gasteiger partial charge >= 0.3 is 0 Å². The van der Waals surface area contributed by atoms with Crippen LogP contribution in [0.2, 0.25) is 0 Å². The molecule has 4 heterocycles. The van der Waals surface area contributed by atoms with Crippen molar-refractivity contribution in [2.45, 2.75) is 25.9 Å².